The van der Waals surface area contributed by atoms with Gasteiger partial charge in [0.05, 0.1) is 13.2 Å². The summed E-state index contributed by atoms with van der Waals surface area (Å²) in [7, 11) is 0. The first kappa shape index (κ1) is 8.91. The molecule has 0 radical (unpaired) electrons. The van der Waals surface area contributed by atoms with Crippen LogP contribution in [0.15, 0.2) is 11.4 Å². The van der Waals surface area contributed by atoms with Gasteiger partial charge in [0.25, 0.3) is 0 Å². The van der Waals surface area contributed by atoms with Crippen LogP contribution >= 0.6 is 11.3 Å². The number of aryl methyl sites for hydroxylation is 1. The van der Waals surface area contributed by atoms with E-state index in [0.717, 1.165) is 0 Å². The number of thiophene rings is 1. The minimum atomic E-state index is -0.307. The van der Waals surface area contributed by atoms with Crippen LogP contribution in [0, 0.1) is 6.92 Å². The van der Waals surface area contributed by atoms with E-state index >= 15 is 0 Å². The van der Waals surface area contributed by atoms with Crippen molar-refractivity contribution >= 4 is 17.1 Å². The maximum atomic E-state index is 11.5. The second-order valence-electron chi connectivity index (χ2n) is 3.56. The van der Waals surface area contributed by atoms with E-state index in [4.69, 9.17) is 4.74 Å². The van der Waals surface area contributed by atoms with Gasteiger partial charge in [-0.25, -0.2) is 0 Å². The maximum absolute atomic E-state index is 11.5. The molecule has 1 aliphatic heterocycles. The Kier molecular flexibility index (Phi) is 2.00. The van der Waals surface area contributed by atoms with Crippen molar-refractivity contribution in [2.24, 2.45) is 0 Å². The topological polar surface area (TPSA) is 26.3 Å². The highest BCUT2D eigenvalue weighted by Gasteiger charge is 2.46. The normalized spacial score (nSPS) is 19.5. The molecule has 0 N–H and O–H groups in total. The van der Waals surface area contributed by atoms with Gasteiger partial charge in [0.1, 0.15) is 11.2 Å². The maximum Gasteiger partial charge on any atom is 0.145 e. The molecule has 1 aromatic rings. The fraction of sp³-hybridized carbons (Fsp3) is 0.500. The summed E-state index contributed by atoms with van der Waals surface area (Å²) in [6.07, 6.45) is 0. The van der Waals surface area contributed by atoms with Crippen LogP contribution in [-0.4, -0.2) is 19.0 Å². The van der Waals surface area contributed by atoms with Crippen molar-refractivity contribution in [3.63, 3.8) is 0 Å². The first-order chi connectivity index (χ1) is 6.17. The van der Waals surface area contributed by atoms with Crippen LogP contribution in [0.3, 0.4) is 0 Å². The van der Waals surface area contributed by atoms with Crippen molar-refractivity contribution < 1.29 is 9.53 Å². The molecule has 13 heavy (non-hydrogen) atoms. The third-order valence-corrected chi connectivity index (χ3v) is 3.89. The second-order valence-corrected chi connectivity index (χ2v) is 4.48. The molecule has 0 atom stereocenters. The van der Waals surface area contributed by atoms with Crippen molar-refractivity contribution in [2.45, 2.75) is 19.3 Å². The predicted molar refractivity (Wildman–Crippen MR) is 52.2 cm³/mol. The van der Waals surface area contributed by atoms with Gasteiger partial charge in [-0.05, 0) is 30.9 Å². The Balaban J connectivity index is 2.43. The first-order valence-corrected chi connectivity index (χ1v) is 5.18. The van der Waals surface area contributed by atoms with E-state index in [1.165, 1.54) is 10.4 Å². The largest absolute Gasteiger partial charge is 0.378 e. The lowest BCUT2D eigenvalue weighted by molar-refractivity contribution is -0.140. The van der Waals surface area contributed by atoms with Gasteiger partial charge in [0.15, 0.2) is 0 Å². The molecule has 1 saturated heterocycles. The van der Waals surface area contributed by atoms with Crippen LogP contribution in [-0.2, 0) is 14.9 Å². The molecule has 70 valence electrons. The van der Waals surface area contributed by atoms with Crippen LogP contribution in [0.5, 0.6) is 0 Å². The number of ketones is 1. The molecule has 0 aromatic carbocycles. The van der Waals surface area contributed by atoms with Crippen LogP contribution in [0.4, 0.5) is 0 Å². The van der Waals surface area contributed by atoms with Gasteiger partial charge in [0.2, 0.25) is 0 Å². The first-order valence-electron chi connectivity index (χ1n) is 4.30. The molecular formula is C10H12O2S. The molecule has 1 fully saturated rings. The second kappa shape index (κ2) is 2.93. The minimum absolute atomic E-state index is 0.226. The van der Waals surface area contributed by atoms with Gasteiger partial charge >= 0.3 is 0 Å². The number of ether oxygens (including phenoxy) is 1. The van der Waals surface area contributed by atoms with Crippen LogP contribution < -0.4 is 0 Å². The summed E-state index contributed by atoms with van der Waals surface area (Å²) < 4.78 is 5.16. The average molecular weight is 196 g/mol. The molecule has 0 saturated carbocycles. The summed E-state index contributed by atoms with van der Waals surface area (Å²) in [5.41, 5.74) is 0.904. The Morgan fingerprint density at radius 1 is 1.62 bits per heavy atom. The lowest BCUT2D eigenvalue weighted by Gasteiger charge is -2.39. The van der Waals surface area contributed by atoms with Gasteiger partial charge in [0, 0.05) is 4.88 Å². The highest BCUT2D eigenvalue weighted by atomic mass is 32.1. The molecule has 0 amide bonds. The number of rotatable bonds is 2. The smallest absolute Gasteiger partial charge is 0.145 e. The number of carbonyl (C=O) groups is 1. The Hall–Kier alpha value is -0.670. The van der Waals surface area contributed by atoms with Gasteiger partial charge < -0.3 is 4.74 Å². The van der Waals surface area contributed by atoms with Gasteiger partial charge in [-0.15, -0.1) is 11.3 Å². The number of Topliss-reactive ketones (excluding diaryl/α,β-unsaturated/α-hetero) is 1. The summed E-state index contributed by atoms with van der Waals surface area (Å²) in [5, 5.41) is 2.04. The van der Waals surface area contributed by atoms with Crippen molar-refractivity contribution in [2.75, 3.05) is 13.2 Å². The zero-order chi connectivity index (χ0) is 9.47. The molecule has 0 bridgehead atoms. The fourth-order valence-electron chi connectivity index (χ4n) is 1.66. The Morgan fingerprint density at radius 2 is 2.31 bits per heavy atom. The van der Waals surface area contributed by atoms with Crippen LogP contribution in [0.2, 0.25) is 0 Å². The Labute approximate surface area is 81.5 Å². The summed E-state index contributed by atoms with van der Waals surface area (Å²) in [5.74, 6) is 0.226. The van der Waals surface area contributed by atoms with Gasteiger partial charge in [-0.3, -0.25) is 4.79 Å². The lowest BCUT2D eigenvalue weighted by Crippen LogP contribution is -2.51. The van der Waals surface area contributed by atoms with Gasteiger partial charge in [-0.2, -0.15) is 0 Å². The standard InChI is InChI=1S/C10H12O2S/c1-7-3-4-13-9(7)10(8(2)11)5-12-6-10/h3-4H,5-6H2,1-2H3. The average Bonchev–Trinajstić information content (AvgIpc) is 2.34. The van der Waals surface area contributed by atoms with Crippen molar-refractivity contribution in [1.29, 1.82) is 0 Å². The van der Waals surface area contributed by atoms with E-state index in [1.807, 2.05) is 5.38 Å². The molecule has 0 aliphatic carbocycles. The lowest BCUT2D eigenvalue weighted by atomic mass is 9.79. The van der Waals surface area contributed by atoms with E-state index in [1.54, 1.807) is 18.3 Å². The minimum Gasteiger partial charge on any atom is -0.378 e. The van der Waals surface area contributed by atoms with Crippen molar-refractivity contribution in [1.82, 2.24) is 0 Å². The Morgan fingerprint density at radius 3 is 2.62 bits per heavy atom. The third-order valence-electron chi connectivity index (χ3n) is 2.67. The zero-order valence-corrected chi connectivity index (χ0v) is 8.61. The quantitative estimate of drug-likeness (QED) is 0.722. The number of carbonyl (C=O) groups excluding carboxylic acids is 1. The number of hydrogen-bond acceptors (Lipinski definition) is 3. The van der Waals surface area contributed by atoms with Crippen LogP contribution in [0.25, 0.3) is 0 Å². The molecule has 1 aromatic heterocycles. The van der Waals surface area contributed by atoms with Crippen LogP contribution in [0.1, 0.15) is 17.4 Å². The fourth-order valence-corrected chi connectivity index (χ4v) is 2.81. The third kappa shape index (κ3) is 1.15. The summed E-state index contributed by atoms with van der Waals surface area (Å²) in [4.78, 5) is 12.7. The van der Waals surface area contributed by atoms with Crippen molar-refractivity contribution in [3.8, 4) is 0 Å². The molecular weight excluding hydrogens is 184 g/mol. The molecule has 0 spiro atoms. The molecule has 2 heterocycles. The highest BCUT2D eigenvalue weighted by molar-refractivity contribution is 7.10. The summed E-state index contributed by atoms with van der Waals surface area (Å²) in [6.45, 7) is 4.82. The predicted octanol–water partition coefficient (Wildman–Crippen LogP) is 1.91. The molecule has 3 heteroatoms. The monoisotopic (exact) mass is 196 g/mol. The molecule has 1 aliphatic rings. The van der Waals surface area contributed by atoms with E-state index in [2.05, 4.69) is 13.0 Å². The van der Waals surface area contributed by atoms with E-state index in [0.29, 0.717) is 13.2 Å². The molecule has 2 nitrogen and oxygen atoms in total. The Bertz CT molecular complexity index is 336. The summed E-state index contributed by atoms with van der Waals surface area (Å²) >= 11 is 1.66. The number of hydrogen-bond donors (Lipinski definition) is 0. The van der Waals surface area contributed by atoms with Gasteiger partial charge in [-0.1, -0.05) is 0 Å². The molecule has 0 unspecified atom stereocenters. The van der Waals surface area contributed by atoms with E-state index < -0.39 is 0 Å². The highest BCUT2D eigenvalue weighted by Crippen LogP contribution is 2.38. The zero-order valence-electron chi connectivity index (χ0n) is 7.79. The van der Waals surface area contributed by atoms with E-state index in [9.17, 15) is 4.79 Å². The SMILES string of the molecule is CC(=O)C1(c2sccc2C)COC1. The van der Waals surface area contributed by atoms with E-state index in [-0.39, 0.29) is 11.2 Å². The molecule has 2 rings (SSSR count). The summed E-state index contributed by atoms with van der Waals surface area (Å²) in [6, 6.07) is 2.06. The van der Waals surface area contributed by atoms with Crippen molar-refractivity contribution in [3.05, 3.63) is 21.9 Å².